The van der Waals surface area contributed by atoms with E-state index in [1.165, 1.54) is 10.8 Å². The van der Waals surface area contributed by atoms with E-state index >= 15 is 0 Å². The van der Waals surface area contributed by atoms with Crippen LogP contribution in [0.2, 0.25) is 0 Å². The van der Waals surface area contributed by atoms with E-state index < -0.39 is 0 Å². The summed E-state index contributed by atoms with van der Waals surface area (Å²) < 4.78 is 7.09. The standard InChI is InChI=1S/C18H24BrNO/c1-4-11-20-12-18(2,3)13-21-16-10-9-14-7-5-6-8-15(14)17(16)19/h5-10,20H,4,11-13H2,1-3H3. The van der Waals surface area contributed by atoms with Crippen molar-refractivity contribution < 1.29 is 4.74 Å². The maximum absolute atomic E-state index is 6.05. The monoisotopic (exact) mass is 349 g/mol. The summed E-state index contributed by atoms with van der Waals surface area (Å²) >= 11 is 3.67. The van der Waals surface area contributed by atoms with Gasteiger partial charge in [0.05, 0.1) is 11.1 Å². The molecule has 0 bridgehead atoms. The quantitative estimate of drug-likeness (QED) is 0.709. The molecule has 0 aliphatic carbocycles. The lowest BCUT2D eigenvalue weighted by Gasteiger charge is -2.25. The molecule has 21 heavy (non-hydrogen) atoms. The molecule has 0 saturated heterocycles. The van der Waals surface area contributed by atoms with Crippen LogP contribution in [0.5, 0.6) is 5.75 Å². The molecule has 2 aromatic carbocycles. The summed E-state index contributed by atoms with van der Waals surface area (Å²) in [5.74, 6) is 0.914. The molecule has 3 heteroatoms. The highest BCUT2D eigenvalue weighted by Gasteiger charge is 2.19. The lowest BCUT2D eigenvalue weighted by molar-refractivity contribution is 0.176. The fraction of sp³-hybridized carbons (Fsp3) is 0.444. The van der Waals surface area contributed by atoms with Crippen molar-refractivity contribution in [2.24, 2.45) is 5.41 Å². The molecule has 2 rings (SSSR count). The summed E-state index contributed by atoms with van der Waals surface area (Å²) in [6, 6.07) is 12.5. The minimum Gasteiger partial charge on any atom is -0.492 e. The van der Waals surface area contributed by atoms with Gasteiger partial charge in [-0.3, -0.25) is 0 Å². The van der Waals surface area contributed by atoms with Crippen molar-refractivity contribution in [3.8, 4) is 5.75 Å². The number of fused-ring (bicyclic) bond motifs is 1. The van der Waals surface area contributed by atoms with Crippen molar-refractivity contribution in [1.82, 2.24) is 5.32 Å². The van der Waals surface area contributed by atoms with Gasteiger partial charge in [-0.05, 0) is 45.7 Å². The van der Waals surface area contributed by atoms with Gasteiger partial charge < -0.3 is 10.1 Å². The Kier molecular flexibility index (Phi) is 5.65. The first-order valence-electron chi connectivity index (χ1n) is 7.54. The van der Waals surface area contributed by atoms with Gasteiger partial charge in [-0.1, -0.05) is 51.1 Å². The van der Waals surface area contributed by atoms with Gasteiger partial charge >= 0.3 is 0 Å². The van der Waals surface area contributed by atoms with E-state index in [1.54, 1.807) is 0 Å². The molecule has 0 fully saturated rings. The molecule has 114 valence electrons. The van der Waals surface area contributed by atoms with E-state index in [0.29, 0.717) is 6.61 Å². The Labute approximate surface area is 136 Å². The molecule has 0 spiro atoms. The number of nitrogens with one attached hydrogen (secondary N) is 1. The first-order chi connectivity index (χ1) is 10.0. The van der Waals surface area contributed by atoms with Crippen molar-refractivity contribution in [3.05, 3.63) is 40.9 Å². The summed E-state index contributed by atoms with van der Waals surface area (Å²) in [4.78, 5) is 0. The van der Waals surface area contributed by atoms with Crippen LogP contribution in [0.4, 0.5) is 0 Å². The van der Waals surface area contributed by atoms with Gasteiger partial charge in [-0.2, -0.15) is 0 Å². The molecule has 0 heterocycles. The molecule has 0 radical (unpaired) electrons. The second kappa shape index (κ2) is 7.28. The second-order valence-corrected chi connectivity index (χ2v) is 7.02. The van der Waals surface area contributed by atoms with Gasteiger partial charge in [0.2, 0.25) is 0 Å². The highest BCUT2D eigenvalue weighted by atomic mass is 79.9. The topological polar surface area (TPSA) is 21.3 Å². The third kappa shape index (κ3) is 4.45. The number of benzene rings is 2. The van der Waals surface area contributed by atoms with Gasteiger partial charge in [0.1, 0.15) is 5.75 Å². The van der Waals surface area contributed by atoms with E-state index in [1.807, 2.05) is 6.07 Å². The molecule has 0 atom stereocenters. The number of hydrogen-bond acceptors (Lipinski definition) is 2. The molecule has 0 aromatic heterocycles. The number of hydrogen-bond donors (Lipinski definition) is 1. The van der Waals surface area contributed by atoms with E-state index in [0.717, 1.165) is 29.7 Å². The molecule has 2 nitrogen and oxygen atoms in total. The van der Waals surface area contributed by atoms with Crippen LogP contribution in [-0.4, -0.2) is 19.7 Å². The molecule has 2 aromatic rings. The van der Waals surface area contributed by atoms with Crippen molar-refractivity contribution in [1.29, 1.82) is 0 Å². The van der Waals surface area contributed by atoms with Crippen molar-refractivity contribution in [2.75, 3.05) is 19.7 Å². The Morgan fingerprint density at radius 2 is 1.90 bits per heavy atom. The molecule has 1 N–H and O–H groups in total. The predicted octanol–water partition coefficient (Wildman–Crippen LogP) is 5.01. The maximum atomic E-state index is 6.05. The minimum atomic E-state index is 0.111. The number of rotatable bonds is 7. The van der Waals surface area contributed by atoms with Crippen LogP contribution in [-0.2, 0) is 0 Å². The van der Waals surface area contributed by atoms with Crippen LogP contribution >= 0.6 is 15.9 Å². The summed E-state index contributed by atoms with van der Waals surface area (Å²) in [5, 5.41) is 5.88. The number of halogens is 1. The van der Waals surface area contributed by atoms with E-state index in [-0.39, 0.29) is 5.41 Å². The molecular weight excluding hydrogens is 326 g/mol. The third-order valence-corrected chi connectivity index (χ3v) is 4.29. The van der Waals surface area contributed by atoms with Crippen LogP contribution in [0, 0.1) is 5.41 Å². The molecular formula is C18H24BrNO. The highest BCUT2D eigenvalue weighted by Crippen LogP contribution is 2.33. The van der Waals surface area contributed by atoms with Gasteiger partial charge in [0.25, 0.3) is 0 Å². The average molecular weight is 350 g/mol. The van der Waals surface area contributed by atoms with Gasteiger partial charge in [0.15, 0.2) is 0 Å². The van der Waals surface area contributed by atoms with E-state index in [9.17, 15) is 0 Å². The number of ether oxygens (including phenoxy) is 1. The fourth-order valence-electron chi connectivity index (χ4n) is 2.25. The van der Waals surface area contributed by atoms with Crippen molar-refractivity contribution >= 4 is 26.7 Å². The van der Waals surface area contributed by atoms with Crippen LogP contribution in [0.15, 0.2) is 40.9 Å². The Hall–Kier alpha value is -1.06. The van der Waals surface area contributed by atoms with Gasteiger partial charge in [-0.25, -0.2) is 0 Å². The Morgan fingerprint density at radius 1 is 1.14 bits per heavy atom. The molecule has 0 saturated carbocycles. The zero-order chi connectivity index (χ0) is 15.3. The van der Waals surface area contributed by atoms with Crippen molar-refractivity contribution in [2.45, 2.75) is 27.2 Å². The van der Waals surface area contributed by atoms with Crippen LogP contribution in [0.1, 0.15) is 27.2 Å². The first kappa shape index (κ1) is 16.3. The zero-order valence-corrected chi connectivity index (χ0v) is 14.7. The zero-order valence-electron chi connectivity index (χ0n) is 13.1. The predicted molar refractivity (Wildman–Crippen MR) is 94.1 cm³/mol. The van der Waals surface area contributed by atoms with Crippen molar-refractivity contribution in [3.63, 3.8) is 0 Å². The summed E-state index contributed by atoms with van der Waals surface area (Å²) in [7, 11) is 0. The lowest BCUT2D eigenvalue weighted by atomic mass is 9.95. The third-order valence-electron chi connectivity index (χ3n) is 3.48. The molecule has 0 unspecified atom stereocenters. The Bertz CT molecular complexity index is 595. The van der Waals surface area contributed by atoms with Crippen LogP contribution in [0.25, 0.3) is 10.8 Å². The largest absolute Gasteiger partial charge is 0.492 e. The first-order valence-corrected chi connectivity index (χ1v) is 8.33. The van der Waals surface area contributed by atoms with E-state index in [4.69, 9.17) is 4.74 Å². The normalized spacial score (nSPS) is 11.8. The lowest BCUT2D eigenvalue weighted by Crippen LogP contribution is -2.34. The molecule has 0 amide bonds. The molecule has 0 aliphatic heterocycles. The minimum absolute atomic E-state index is 0.111. The summed E-state index contributed by atoms with van der Waals surface area (Å²) in [6.07, 6.45) is 1.16. The fourth-order valence-corrected chi connectivity index (χ4v) is 2.86. The SMILES string of the molecule is CCCNCC(C)(C)COc1ccc2ccccc2c1Br. The Morgan fingerprint density at radius 3 is 2.67 bits per heavy atom. The second-order valence-electron chi connectivity index (χ2n) is 6.23. The van der Waals surface area contributed by atoms with Crippen LogP contribution in [0.3, 0.4) is 0 Å². The summed E-state index contributed by atoms with van der Waals surface area (Å²) in [6.45, 7) is 9.35. The van der Waals surface area contributed by atoms with Crippen LogP contribution < -0.4 is 10.1 Å². The smallest absolute Gasteiger partial charge is 0.134 e. The summed E-state index contributed by atoms with van der Waals surface area (Å²) in [5.41, 5.74) is 0.111. The van der Waals surface area contributed by atoms with Gasteiger partial charge in [-0.15, -0.1) is 0 Å². The van der Waals surface area contributed by atoms with Gasteiger partial charge in [0, 0.05) is 12.0 Å². The maximum Gasteiger partial charge on any atom is 0.134 e. The molecule has 0 aliphatic rings. The van der Waals surface area contributed by atoms with E-state index in [2.05, 4.69) is 72.3 Å². The highest BCUT2D eigenvalue weighted by molar-refractivity contribution is 9.10. The Balaban J connectivity index is 2.04. The average Bonchev–Trinajstić information content (AvgIpc) is 2.47.